The first kappa shape index (κ1) is 40.8. The summed E-state index contributed by atoms with van der Waals surface area (Å²) in [6.45, 7) is 11.9. The molecule has 0 radical (unpaired) electrons. The van der Waals surface area contributed by atoms with Crippen molar-refractivity contribution in [3.63, 3.8) is 0 Å². The zero-order valence-electron chi connectivity index (χ0n) is 29.3. The van der Waals surface area contributed by atoms with Crippen LogP contribution in [0.4, 0.5) is 0 Å². The number of nitrogens with one attached hydrogen (secondary N) is 1. The molecule has 2 heterocycles. The highest BCUT2D eigenvalue weighted by atomic mass is 16.6. The predicted octanol–water partition coefficient (Wildman–Crippen LogP) is 2.39. The second-order valence-corrected chi connectivity index (χ2v) is 13.1. The third-order valence-electron chi connectivity index (χ3n) is 9.27. The average Bonchev–Trinajstić information content (AvgIpc) is 3.00. The van der Waals surface area contributed by atoms with E-state index in [1.54, 1.807) is 46.8 Å². The summed E-state index contributed by atoms with van der Waals surface area (Å²) in [4.78, 5) is 76.2. The van der Waals surface area contributed by atoms with Crippen LogP contribution in [0.15, 0.2) is 23.8 Å². The summed E-state index contributed by atoms with van der Waals surface area (Å²) in [5.41, 5.74) is 0.668. The molecule has 1 fully saturated rings. The van der Waals surface area contributed by atoms with Crippen LogP contribution in [0.5, 0.6) is 0 Å². The molecule has 13 heteroatoms. The van der Waals surface area contributed by atoms with Crippen molar-refractivity contribution in [2.45, 2.75) is 124 Å². The van der Waals surface area contributed by atoms with Gasteiger partial charge in [-0.1, -0.05) is 38.5 Å². The molecule has 1 amide bonds. The van der Waals surface area contributed by atoms with Gasteiger partial charge in [0.25, 0.3) is 0 Å². The van der Waals surface area contributed by atoms with Crippen molar-refractivity contribution in [3.8, 4) is 0 Å². The second kappa shape index (κ2) is 18.9. The number of amides is 1. The molecule has 0 spiro atoms. The highest BCUT2D eigenvalue weighted by molar-refractivity contribution is 5.91. The number of ketones is 1. The van der Waals surface area contributed by atoms with Crippen LogP contribution in [-0.4, -0.2) is 95.4 Å². The van der Waals surface area contributed by atoms with Crippen molar-refractivity contribution >= 4 is 35.9 Å². The summed E-state index contributed by atoms with van der Waals surface area (Å²) in [6, 6.07) is -1.11. The van der Waals surface area contributed by atoms with Gasteiger partial charge in [0.15, 0.2) is 11.9 Å². The minimum Gasteiger partial charge on any atom is -0.462 e. The van der Waals surface area contributed by atoms with Gasteiger partial charge in [0, 0.05) is 39.0 Å². The summed E-state index contributed by atoms with van der Waals surface area (Å²) in [5.74, 6) is -6.27. The Morgan fingerprint density at radius 3 is 2.25 bits per heavy atom. The van der Waals surface area contributed by atoms with E-state index in [4.69, 9.17) is 18.9 Å². The van der Waals surface area contributed by atoms with Crippen LogP contribution in [0.2, 0.25) is 0 Å². The molecule has 48 heavy (non-hydrogen) atoms. The lowest BCUT2D eigenvalue weighted by atomic mass is 9.68. The lowest BCUT2D eigenvalue weighted by molar-refractivity contribution is -0.224. The maximum Gasteiger partial charge on any atom is 0.309 e. The molecule has 1 saturated heterocycles. The summed E-state index contributed by atoms with van der Waals surface area (Å²) in [5, 5.41) is 23.9. The Kier molecular flexibility index (Phi) is 16.1. The fraction of sp³-hybridized carbons (Fsp3) is 0.714. The Balaban J connectivity index is 2.84. The summed E-state index contributed by atoms with van der Waals surface area (Å²) < 4.78 is 23.6. The van der Waals surface area contributed by atoms with Gasteiger partial charge in [-0.15, -0.1) is 0 Å². The number of aliphatic hydroxyl groups excluding tert-OH is 2. The number of hydrogen-bond acceptors (Lipinski definition) is 12. The number of cyclic esters (lactones) is 1. The molecule has 0 aromatic rings. The SMILES string of the molecule is CC[C@@H]1OC(=O)C[C@H](OC(C)=O)[C@H](C)[C@H]([C@@H]2O[C@H](C)[C@@H](O)[C@H](NC(C)=O)[C@H]2OC(C)=O)C(CC=O)C[C@H](C)C(=O)/C=C/C(C)=C/[C@H]1CO. The van der Waals surface area contributed by atoms with Crippen molar-refractivity contribution in [2.75, 3.05) is 6.61 Å². The standard InChI is InChI=1S/C35H53NO12/c1-9-28-26(17-38)14-18(2)10-11-27(42)19(3)15-25(12-13-37)31(20(4)29(46-23(7)40)16-30(43)48-28)34-35(47-24(8)41)32(36-22(6)39)33(44)21(5)45-34/h10-11,13-14,19-21,25-26,28-29,31-35,38,44H,9,12,15-17H2,1-8H3,(H,36,39)/b11-10+,18-14+/t19-,20-,21+,25?,26-,28-,29-,31-,32-,33+,34-,35+/m0/s1. The number of rotatable bonds is 8. The maximum absolute atomic E-state index is 13.5. The lowest BCUT2D eigenvalue weighted by Gasteiger charge is -2.50. The first-order chi connectivity index (χ1) is 22.5. The van der Waals surface area contributed by atoms with Crippen LogP contribution < -0.4 is 5.32 Å². The molecule has 270 valence electrons. The lowest BCUT2D eigenvalue weighted by Crippen LogP contribution is -2.66. The van der Waals surface area contributed by atoms with Gasteiger partial charge >= 0.3 is 17.9 Å². The van der Waals surface area contributed by atoms with Crippen molar-refractivity contribution in [3.05, 3.63) is 23.8 Å². The number of esters is 3. The first-order valence-corrected chi connectivity index (χ1v) is 16.6. The van der Waals surface area contributed by atoms with Gasteiger partial charge in [0.05, 0.1) is 25.2 Å². The van der Waals surface area contributed by atoms with E-state index in [9.17, 15) is 39.0 Å². The largest absolute Gasteiger partial charge is 0.462 e. The molecule has 0 aliphatic carbocycles. The molecule has 1 unspecified atom stereocenters. The van der Waals surface area contributed by atoms with Crippen molar-refractivity contribution < 1.29 is 57.9 Å². The second-order valence-electron chi connectivity index (χ2n) is 13.1. The molecule has 13 nitrogen and oxygen atoms in total. The van der Waals surface area contributed by atoms with Gasteiger partial charge in [-0.3, -0.25) is 24.0 Å². The normalized spacial score (nSPS) is 37.2. The van der Waals surface area contributed by atoms with E-state index in [0.717, 1.165) is 0 Å². The van der Waals surface area contributed by atoms with Gasteiger partial charge in [-0.25, -0.2) is 0 Å². The van der Waals surface area contributed by atoms with Crippen LogP contribution in [0.3, 0.4) is 0 Å². The van der Waals surface area contributed by atoms with Crippen LogP contribution in [0.1, 0.15) is 81.1 Å². The summed E-state index contributed by atoms with van der Waals surface area (Å²) in [7, 11) is 0. The third-order valence-corrected chi connectivity index (χ3v) is 9.27. The van der Waals surface area contributed by atoms with Crippen molar-refractivity contribution in [2.24, 2.45) is 29.6 Å². The number of allylic oxidation sites excluding steroid dienone is 3. The topological polar surface area (TPSA) is 192 Å². The van der Waals surface area contributed by atoms with Crippen LogP contribution in [0.25, 0.3) is 0 Å². The molecule has 0 bridgehead atoms. The Hall–Kier alpha value is -3.42. The maximum atomic E-state index is 13.5. The minimum absolute atomic E-state index is 0.0724. The first-order valence-electron chi connectivity index (χ1n) is 16.6. The van der Waals surface area contributed by atoms with Crippen LogP contribution in [0, 0.1) is 29.6 Å². The fourth-order valence-electron chi connectivity index (χ4n) is 6.94. The highest BCUT2D eigenvalue weighted by Gasteiger charge is 2.53. The van der Waals surface area contributed by atoms with E-state index in [-0.39, 0.29) is 25.2 Å². The molecule has 2 aliphatic rings. The molecule has 12 atom stereocenters. The molecule has 0 saturated carbocycles. The van der Waals surface area contributed by atoms with Gasteiger partial charge in [0.2, 0.25) is 5.91 Å². The van der Waals surface area contributed by atoms with E-state index in [1.807, 2.05) is 0 Å². The number of carbonyl (C=O) groups is 6. The third kappa shape index (κ3) is 11.3. The minimum atomic E-state index is -1.29. The molecule has 2 rings (SSSR count). The summed E-state index contributed by atoms with van der Waals surface area (Å²) >= 11 is 0. The number of aldehydes is 1. The monoisotopic (exact) mass is 679 g/mol. The van der Waals surface area contributed by atoms with E-state index in [2.05, 4.69) is 5.32 Å². The number of carbonyl (C=O) groups excluding carboxylic acids is 6. The molecule has 2 aliphatic heterocycles. The van der Waals surface area contributed by atoms with E-state index in [0.29, 0.717) is 18.3 Å². The Labute approximate surface area is 282 Å². The molecular weight excluding hydrogens is 626 g/mol. The highest BCUT2D eigenvalue weighted by Crippen LogP contribution is 2.42. The van der Waals surface area contributed by atoms with Crippen LogP contribution >= 0.6 is 0 Å². The Bertz CT molecular complexity index is 1210. The summed E-state index contributed by atoms with van der Waals surface area (Å²) in [6.07, 6.45) is -0.856. The quantitative estimate of drug-likeness (QED) is 0.193. The van der Waals surface area contributed by atoms with E-state index in [1.165, 1.54) is 26.8 Å². The van der Waals surface area contributed by atoms with Gasteiger partial charge in [0.1, 0.15) is 30.7 Å². The average molecular weight is 680 g/mol. The number of aliphatic hydroxyl groups is 2. The predicted molar refractivity (Wildman–Crippen MR) is 173 cm³/mol. The van der Waals surface area contributed by atoms with Gasteiger partial charge in [-0.05, 0) is 50.5 Å². The van der Waals surface area contributed by atoms with E-state index >= 15 is 0 Å². The number of hydrogen-bond donors (Lipinski definition) is 3. The van der Waals surface area contributed by atoms with Crippen LogP contribution in [-0.2, 0) is 47.7 Å². The van der Waals surface area contributed by atoms with Gasteiger partial charge in [-0.2, -0.15) is 0 Å². The molecular formula is C35H53NO12. The zero-order chi connectivity index (χ0) is 36.3. The molecule has 3 N–H and O–H groups in total. The van der Waals surface area contributed by atoms with Crippen molar-refractivity contribution in [1.29, 1.82) is 0 Å². The smallest absolute Gasteiger partial charge is 0.309 e. The Morgan fingerprint density at radius 2 is 1.71 bits per heavy atom. The Morgan fingerprint density at radius 1 is 1.06 bits per heavy atom. The van der Waals surface area contributed by atoms with E-state index < -0.39 is 102 Å². The fourth-order valence-corrected chi connectivity index (χ4v) is 6.94. The molecule has 0 aromatic carbocycles. The zero-order valence-corrected chi connectivity index (χ0v) is 29.3. The van der Waals surface area contributed by atoms with Gasteiger partial charge < -0.3 is 39.3 Å². The van der Waals surface area contributed by atoms with Crippen molar-refractivity contribution in [1.82, 2.24) is 5.32 Å². The number of ether oxygens (including phenoxy) is 4. The molecule has 0 aromatic heterocycles.